The van der Waals surface area contributed by atoms with Crippen molar-refractivity contribution in [2.24, 2.45) is 0 Å². The summed E-state index contributed by atoms with van der Waals surface area (Å²) in [5, 5.41) is 2.79. The minimum atomic E-state index is 0.777. The van der Waals surface area contributed by atoms with Gasteiger partial charge in [0.2, 0.25) is 0 Å². The molecule has 2 aromatic rings. The highest BCUT2D eigenvalue weighted by molar-refractivity contribution is 7.55. The van der Waals surface area contributed by atoms with E-state index in [0.717, 1.165) is 14.5 Å². The third-order valence-corrected chi connectivity index (χ3v) is 4.08. The van der Waals surface area contributed by atoms with Gasteiger partial charge in [0, 0.05) is 5.88 Å². The molecule has 2 rings (SSSR count). The number of hydrogen-bond donors (Lipinski definition) is 0. The molecule has 2 heteroatoms. The van der Waals surface area contributed by atoms with Crippen LogP contribution in [0.25, 0.3) is 0 Å². The van der Waals surface area contributed by atoms with Crippen molar-refractivity contribution >= 4 is 30.8 Å². The van der Waals surface area contributed by atoms with Gasteiger partial charge in [-0.15, -0.1) is 11.6 Å². The number of alkyl halides is 1. The second-order valence-electron chi connectivity index (χ2n) is 4.25. The average molecular weight is 293 g/mol. The molecule has 0 radical (unpaired) electrons. The van der Waals surface area contributed by atoms with Gasteiger partial charge >= 0.3 is 0 Å². The first-order chi connectivity index (χ1) is 9.36. The Kier molecular flexibility index (Phi) is 9.41. The van der Waals surface area contributed by atoms with Gasteiger partial charge in [-0.25, -0.2) is 0 Å². The van der Waals surface area contributed by atoms with Crippen LogP contribution >= 0.6 is 20.2 Å². The van der Waals surface area contributed by atoms with Crippen molar-refractivity contribution in [3.8, 4) is 0 Å². The predicted molar refractivity (Wildman–Crippen MR) is 90.7 cm³/mol. The lowest BCUT2D eigenvalue weighted by molar-refractivity contribution is 0.776. The topological polar surface area (TPSA) is 0 Å². The van der Waals surface area contributed by atoms with Gasteiger partial charge in [0.05, 0.1) is 0 Å². The quantitative estimate of drug-likeness (QED) is 0.424. The molecule has 19 heavy (non-hydrogen) atoms. The van der Waals surface area contributed by atoms with Gasteiger partial charge in [0.25, 0.3) is 0 Å². The minimum Gasteiger partial charge on any atom is -0.127 e. The molecular weight excluding hydrogens is 271 g/mol. The Hall–Kier alpha value is -0.840. The molecule has 0 fully saturated rings. The summed E-state index contributed by atoms with van der Waals surface area (Å²) in [6.45, 7) is 2.17. The highest BCUT2D eigenvalue weighted by Gasteiger charge is 1.92. The highest BCUT2D eigenvalue weighted by Crippen LogP contribution is 2.08. The van der Waals surface area contributed by atoms with Gasteiger partial charge in [0.1, 0.15) is 0 Å². The zero-order valence-corrected chi connectivity index (χ0v) is 13.2. The Labute approximate surface area is 124 Å². The van der Waals surface area contributed by atoms with Crippen LogP contribution in [0.1, 0.15) is 26.2 Å². The van der Waals surface area contributed by atoms with Crippen molar-refractivity contribution in [2.75, 3.05) is 5.88 Å². The Balaban J connectivity index is 0.000000258. The molecule has 0 aliphatic heterocycles. The molecule has 0 aliphatic carbocycles. The molecule has 102 valence electrons. The lowest BCUT2D eigenvalue weighted by atomic mass is 10.3. The molecule has 0 spiro atoms. The van der Waals surface area contributed by atoms with Crippen LogP contribution in [0, 0.1) is 0 Å². The van der Waals surface area contributed by atoms with Crippen LogP contribution in [0.15, 0.2) is 60.7 Å². The van der Waals surface area contributed by atoms with E-state index >= 15 is 0 Å². The van der Waals surface area contributed by atoms with Crippen LogP contribution in [-0.2, 0) is 0 Å². The Morgan fingerprint density at radius 1 is 0.789 bits per heavy atom. The average Bonchev–Trinajstić information content (AvgIpc) is 2.48. The first-order valence-corrected chi connectivity index (χ1v) is 8.33. The van der Waals surface area contributed by atoms with E-state index in [-0.39, 0.29) is 0 Å². The summed E-state index contributed by atoms with van der Waals surface area (Å²) >= 11 is 5.38. The maximum absolute atomic E-state index is 5.38. The number of hydrogen-bond acceptors (Lipinski definition) is 0. The molecule has 0 aliphatic rings. The van der Waals surface area contributed by atoms with E-state index < -0.39 is 0 Å². The van der Waals surface area contributed by atoms with Crippen molar-refractivity contribution in [2.45, 2.75) is 26.2 Å². The third kappa shape index (κ3) is 8.03. The molecule has 0 amide bonds. The van der Waals surface area contributed by atoms with Gasteiger partial charge < -0.3 is 0 Å². The predicted octanol–water partition coefficient (Wildman–Crippen LogP) is 4.73. The SMILES string of the molecule is CCCCCCl.c1ccc(Pc2ccccc2)cc1. The summed E-state index contributed by atoms with van der Waals surface area (Å²) in [6.07, 6.45) is 3.73. The second-order valence-corrected chi connectivity index (χ2v) is 6.04. The van der Waals surface area contributed by atoms with Crippen molar-refractivity contribution in [3.05, 3.63) is 60.7 Å². The van der Waals surface area contributed by atoms with Crippen LogP contribution in [0.4, 0.5) is 0 Å². The first kappa shape index (κ1) is 16.2. The fourth-order valence-corrected chi connectivity index (χ4v) is 2.79. The molecule has 0 bridgehead atoms. The van der Waals surface area contributed by atoms with E-state index in [4.69, 9.17) is 11.6 Å². The van der Waals surface area contributed by atoms with Gasteiger partial charge in [-0.3, -0.25) is 0 Å². The highest BCUT2D eigenvalue weighted by atomic mass is 35.5. The van der Waals surface area contributed by atoms with Crippen LogP contribution in [-0.4, -0.2) is 5.88 Å². The van der Waals surface area contributed by atoms with Gasteiger partial charge in [-0.05, 0) is 17.0 Å². The number of rotatable bonds is 5. The summed E-state index contributed by atoms with van der Waals surface area (Å²) in [5.74, 6) is 0.827. The summed E-state index contributed by atoms with van der Waals surface area (Å²) in [5.41, 5.74) is 0. The zero-order valence-electron chi connectivity index (χ0n) is 11.5. The molecule has 0 N–H and O–H groups in total. The van der Waals surface area contributed by atoms with E-state index in [1.165, 1.54) is 29.9 Å². The molecular formula is C17H22ClP. The third-order valence-electron chi connectivity index (χ3n) is 2.57. The Morgan fingerprint density at radius 2 is 1.26 bits per heavy atom. The Bertz CT molecular complexity index is 372. The summed E-state index contributed by atoms with van der Waals surface area (Å²) in [4.78, 5) is 0. The van der Waals surface area contributed by atoms with E-state index in [0.29, 0.717) is 0 Å². The van der Waals surface area contributed by atoms with Crippen LogP contribution < -0.4 is 10.6 Å². The fraction of sp³-hybridized carbons (Fsp3) is 0.294. The lowest BCUT2D eigenvalue weighted by Crippen LogP contribution is -2.01. The van der Waals surface area contributed by atoms with Crippen molar-refractivity contribution in [1.29, 1.82) is 0 Å². The van der Waals surface area contributed by atoms with Gasteiger partial charge in [-0.2, -0.15) is 0 Å². The lowest BCUT2D eigenvalue weighted by Gasteiger charge is -2.00. The standard InChI is InChI=1S/C12H11P.C5H11Cl/c1-3-7-11(8-4-1)13-12-9-5-2-6-10-12;1-2-3-4-5-6/h1-10,13H;2-5H2,1H3. The molecule has 2 aromatic carbocycles. The van der Waals surface area contributed by atoms with Gasteiger partial charge in [0.15, 0.2) is 0 Å². The van der Waals surface area contributed by atoms with Crippen molar-refractivity contribution < 1.29 is 0 Å². The number of halogens is 1. The van der Waals surface area contributed by atoms with Crippen LogP contribution in [0.5, 0.6) is 0 Å². The first-order valence-electron chi connectivity index (χ1n) is 6.80. The summed E-state index contributed by atoms with van der Waals surface area (Å²) in [7, 11) is 0.777. The molecule has 0 unspecified atom stereocenters. The molecule has 0 saturated heterocycles. The largest absolute Gasteiger partial charge is 0.127 e. The van der Waals surface area contributed by atoms with E-state index in [2.05, 4.69) is 67.6 Å². The molecule has 0 atom stereocenters. The minimum absolute atomic E-state index is 0.777. The van der Waals surface area contributed by atoms with E-state index in [1.807, 2.05) is 0 Å². The smallest absolute Gasteiger partial charge is 0.0223 e. The number of unbranched alkanes of at least 4 members (excludes halogenated alkanes) is 2. The van der Waals surface area contributed by atoms with Crippen molar-refractivity contribution in [3.63, 3.8) is 0 Å². The van der Waals surface area contributed by atoms with Crippen LogP contribution in [0.2, 0.25) is 0 Å². The Morgan fingerprint density at radius 3 is 1.58 bits per heavy atom. The fourth-order valence-electron chi connectivity index (χ4n) is 1.55. The summed E-state index contributed by atoms with van der Waals surface area (Å²) in [6, 6.07) is 21.2. The monoisotopic (exact) mass is 292 g/mol. The van der Waals surface area contributed by atoms with E-state index in [9.17, 15) is 0 Å². The molecule has 0 aromatic heterocycles. The van der Waals surface area contributed by atoms with Gasteiger partial charge in [-0.1, -0.05) is 89.0 Å². The maximum Gasteiger partial charge on any atom is 0.0223 e. The number of benzene rings is 2. The maximum atomic E-state index is 5.38. The van der Waals surface area contributed by atoms with Crippen LogP contribution in [0.3, 0.4) is 0 Å². The molecule has 0 saturated carbocycles. The normalized spacial score (nSPS) is 9.58. The zero-order chi connectivity index (χ0) is 13.8. The second kappa shape index (κ2) is 11.0. The van der Waals surface area contributed by atoms with Crippen molar-refractivity contribution in [1.82, 2.24) is 0 Å². The van der Waals surface area contributed by atoms with E-state index in [1.54, 1.807) is 0 Å². The summed E-state index contributed by atoms with van der Waals surface area (Å²) < 4.78 is 0. The molecule has 0 nitrogen and oxygen atoms in total. The molecule has 0 heterocycles.